The van der Waals surface area contributed by atoms with Gasteiger partial charge in [0.1, 0.15) is 6.10 Å². The van der Waals surface area contributed by atoms with Crippen LogP contribution in [-0.2, 0) is 0 Å². The van der Waals surface area contributed by atoms with Crippen LogP contribution in [0.15, 0.2) is 30.6 Å². The van der Waals surface area contributed by atoms with Gasteiger partial charge in [-0.05, 0) is 18.6 Å². The molecule has 0 amide bonds. The largest absolute Gasteiger partial charge is 0.384 e. The molecule has 0 fully saturated rings. The molecular formula is C9H10ClNO. The predicted octanol–water partition coefficient (Wildman–Crippen LogP) is 2.34. The molecule has 0 saturated carbocycles. The fourth-order valence-electron chi connectivity index (χ4n) is 0.862. The summed E-state index contributed by atoms with van der Waals surface area (Å²) in [6, 6.07) is 1.67. The fraction of sp³-hybridized carbons (Fsp3) is 0.222. The van der Waals surface area contributed by atoms with Crippen molar-refractivity contribution in [1.29, 1.82) is 0 Å². The zero-order valence-corrected chi connectivity index (χ0v) is 7.54. The Bertz CT molecular complexity index is 298. The quantitative estimate of drug-likeness (QED) is 0.714. The topological polar surface area (TPSA) is 33.1 Å². The second kappa shape index (κ2) is 3.70. The van der Waals surface area contributed by atoms with Crippen LogP contribution in [0.25, 0.3) is 0 Å². The van der Waals surface area contributed by atoms with Crippen molar-refractivity contribution in [2.75, 3.05) is 0 Å². The molecule has 1 atom stereocenters. The number of hydrogen-bond donors (Lipinski definition) is 1. The highest BCUT2D eigenvalue weighted by Crippen LogP contribution is 2.20. The van der Waals surface area contributed by atoms with Crippen LogP contribution in [0.5, 0.6) is 0 Å². The van der Waals surface area contributed by atoms with Gasteiger partial charge in [0, 0.05) is 18.0 Å². The summed E-state index contributed by atoms with van der Waals surface area (Å²) in [6.45, 7) is 5.40. The normalized spacial score (nSPS) is 12.6. The van der Waals surface area contributed by atoms with Crippen molar-refractivity contribution in [1.82, 2.24) is 4.98 Å². The van der Waals surface area contributed by atoms with Gasteiger partial charge in [0.15, 0.2) is 0 Å². The number of nitrogens with zero attached hydrogens (tertiary/aromatic N) is 1. The average Bonchev–Trinajstić information content (AvgIpc) is 2.03. The van der Waals surface area contributed by atoms with Gasteiger partial charge in [0.05, 0.1) is 5.02 Å². The molecule has 0 bridgehead atoms. The first kappa shape index (κ1) is 9.23. The van der Waals surface area contributed by atoms with Gasteiger partial charge in [-0.15, -0.1) is 0 Å². The molecule has 0 radical (unpaired) electrons. The molecule has 0 aliphatic heterocycles. The van der Waals surface area contributed by atoms with E-state index in [2.05, 4.69) is 11.6 Å². The molecule has 0 aliphatic rings. The number of halogens is 1. The molecule has 1 unspecified atom stereocenters. The Morgan fingerprint density at radius 2 is 2.33 bits per heavy atom. The Labute approximate surface area is 76.5 Å². The Morgan fingerprint density at radius 1 is 1.67 bits per heavy atom. The number of aliphatic hydroxyl groups is 1. The highest BCUT2D eigenvalue weighted by atomic mass is 35.5. The smallest absolute Gasteiger partial charge is 0.101 e. The van der Waals surface area contributed by atoms with E-state index in [1.54, 1.807) is 19.2 Å². The Balaban J connectivity index is 2.95. The molecule has 0 aliphatic carbocycles. The summed E-state index contributed by atoms with van der Waals surface area (Å²) in [5, 5.41) is 10.0. The average molecular weight is 184 g/mol. The SMILES string of the molecule is C=C(C)C(O)c1cncc(Cl)c1. The van der Waals surface area contributed by atoms with Crippen LogP contribution in [0.1, 0.15) is 18.6 Å². The van der Waals surface area contributed by atoms with E-state index in [1.165, 1.54) is 6.20 Å². The van der Waals surface area contributed by atoms with E-state index in [0.717, 1.165) is 0 Å². The van der Waals surface area contributed by atoms with Crippen LogP contribution < -0.4 is 0 Å². The second-order valence-electron chi connectivity index (χ2n) is 2.69. The lowest BCUT2D eigenvalue weighted by Crippen LogP contribution is -1.98. The molecule has 0 saturated heterocycles. The molecule has 1 heterocycles. The van der Waals surface area contributed by atoms with Crippen LogP contribution in [0.2, 0.25) is 5.02 Å². The van der Waals surface area contributed by atoms with Crippen molar-refractivity contribution in [3.63, 3.8) is 0 Å². The monoisotopic (exact) mass is 183 g/mol. The number of aliphatic hydroxyl groups excluding tert-OH is 1. The van der Waals surface area contributed by atoms with E-state index in [9.17, 15) is 5.11 Å². The Hall–Kier alpha value is -0.860. The first-order valence-corrected chi connectivity index (χ1v) is 3.93. The molecule has 1 N–H and O–H groups in total. The third kappa shape index (κ3) is 2.06. The third-order valence-electron chi connectivity index (χ3n) is 1.51. The van der Waals surface area contributed by atoms with Crippen molar-refractivity contribution in [2.45, 2.75) is 13.0 Å². The van der Waals surface area contributed by atoms with Gasteiger partial charge < -0.3 is 5.11 Å². The van der Waals surface area contributed by atoms with Crippen molar-refractivity contribution in [2.24, 2.45) is 0 Å². The maximum Gasteiger partial charge on any atom is 0.101 e. The third-order valence-corrected chi connectivity index (χ3v) is 1.72. The molecule has 1 aromatic heterocycles. The lowest BCUT2D eigenvalue weighted by molar-refractivity contribution is 0.216. The number of hydrogen-bond acceptors (Lipinski definition) is 2. The minimum absolute atomic E-state index is 0.521. The maximum atomic E-state index is 9.52. The molecule has 1 rings (SSSR count). The molecule has 0 aromatic carbocycles. The van der Waals surface area contributed by atoms with Gasteiger partial charge in [-0.2, -0.15) is 0 Å². The molecule has 3 heteroatoms. The Morgan fingerprint density at radius 3 is 2.83 bits per heavy atom. The summed E-state index contributed by atoms with van der Waals surface area (Å²) in [4.78, 5) is 3.85. The summed E-state index contributed by atoms with van der Waals surface area (Å²) < 4.78 is 0. The minimum atomic E-state index is -0.670. The van der Waals surface area contributed by atoms with Crippen molar-refractivity contribution in [3.05, 3.63) is 41.2 Å². The van der Waals surface area contributed by atoms with Gasteiger partial charge in [-0.1, -0.05) is 18.2 Å². The summed E-state index contributed by atoms with van der Waals surface area (Å²) >= 11 is 5.69. The van der Waals surface area contributed by atoms with Gasteiger partial charge in [0.25, 0.3) is 0 Å². The van der Waals surface area contributed by atoms with Crippen molar-refractivity contribution < 1.29 is 5.11 Å². The first-order chi connectivity index (χ1) is 5.61. The minimum Gasteiger partial charge on any atom is -0.384 e. The predicted molar refractivity (Wildman–Crippen MR) is 49.0 cm³/mol. The van der Waals surface area contributed by atoms with Crippen LogP contribution in [0, 0.1) is 0 Å². The van der Waals surface area contributed by atoms with Crippen LogP contribution in [0.4, 0.5) is 0 Å². The molecule has 0 spiro atoms. The highest BCUT2D eigenvalue weighted by Gasteiger charge is 2.07. The number of aromatic nitrogens is 1. The number of pyridine rings is 1. The van der Waals surface area contributed by atoms with Crippen molar-refractivity contribution in [3.8, 4) is 0 Å². The summed E-state index contributed by atoms with van der Waals surface area (Å²) in [6.07, 6.45) is 2.43. The lowest BCUT2D eigenvalue weighted by Gasteiger charge is -2.09. The van der Waals surface area contributed by atoms with E-state index < -0.39 is 6.10 Å². The summed E-state index contributed by atoms with van der Waals surface area (Å²) in [5.74, 6) is 0. The van der Waals surface area contributed by atoms with Gasteiger partial charge in [-0.25, -0.2) is 0 Å². The summed E-state index contributed by atoms with van der Waals surface area (Å²) in [5.41, 5.74) is 1.36. The van der Waals surface area contributed by atoms with Crippen LogP contribution in [0.3, 0.4) is 0 Å². The van der Waals surface area contributed by atoms with E-state index in [0.29, 0.717) is 16.2 Å². The number of rotatable bonds is 2. The van der Waals surface area contributed by atoms with Gasteiger partial charge >= 0.3 is 0 Å². The standard InChI is InChI=1S/C9H10ClNO/c1-6(2)9(12)7-3-8(10)5-11-4-7/h3-5,9,12H,1H2,2H3. The zero-order valence-electron chi connectivity index (χ0n) is 6.79. The molecule has 2 nitrogen and oxygen atoms in total. The molecule has 1 aromatic rings. The van der Waals surface area contributed by atoms with E-state index >= 15 is 0 Å². The van der Waals surface area contributed by atoms with Crippen LogP contribution >= 0.6 is 11.6 Å². The Kier molecular flexibility index (Phi) is 2.84. The second-order valence-corrected chi connectivity index (χ2v) is 3.12. The highest BCUT2D eigenvalue weighted by molar-refractivity contribution is 6.30. The van der Waals surface area contributed by atoms with E-state index in [1.807, 2.05) is 0 Å². The van der Waals surface area contributed by atoms with Crippen LogP contribution in [-0.4, -0.2) is 10.1 Å². The molecule has 12 heavy (non-hydrogen) atoms. The van der Waals surface area contributed by atoms with Gasteiger partial charge in [0.2, 0.25) is 0 Å². The van der Waals surface area contributed by atoms with E-state index in [-0.39, 0.29) is 0 Å². The lowest BCUT2D eigenvalue weighted by atomic mass is 10.1. The fourth-order valence-corrected chi connectivity index (χ4v) is 1.04. The first-order valence-electron chi connectivity index (χ1n) is 3.55. The summed E-state index contributed by atoms with van der Waals surface area (Å²) in [7, 11) is 0. The van der Waals surface area contributed by atoms with Gasteiger partial charge in [-0.3, -0.25) is 4.98 Å². The zero-order chi connectivity index (χ0) is 9.14. The maximum absolute atomic E-state index is 9.52. The van der Waals surface area contributed by atoms with E-state index in [4.69, 9.17) is 11.6 Å². The molecular weight excluding hydrogens is 174 g/mol. The van der Waals surface area contributed by atoms with Crippen molar-refractivity contribution >= 4 is 11.6 Å². The molecule has 64 valence electrons.